The first-order chi connectivity index (χ1) is 12.8. The fraction of sp³-hybridized carbons (Fsp3) is 0.350. The zero-order chi connectivity index (χ0) is 19.7. The summed E-state index contributed by atoms with van der Waals surface area (Å²) in [5, 5.41) is 4.01. The lowest BCUT2D eigenvalue weighted by molar-refractivity contribution is -0.118. The first-order valence-corrected chi connectivity index (χ1v) is 10.6. The molecule has 0 aliphatic heterocycles. The van der Waals surface area contributed by atoms with E-state index in [1.807, 2.05) is 52.8 Å². The van der Waals surface area contributed by atoms with Crippen LogP contribution < -0.4 is 10.9 Å². The number of benzene rings is 1. The van der Waals surface area contributed by atoms with Gasteiger partial charge in [-0.25, -0.2) is 4.98 Å². The van der Waals surface area contributed by atoms with E-state index >= 15 is 0 Å². The number of aromatic nitrogens is 2. The summed E-state index contributed by atoms with van der Waals surface area (Å²) in [5.41, 5.74) is 3.86. The van der Waals surface area contributed by atoms with Crippen LogP contribution in [0.2, 0.25) is 0 Å². The summed E-state index contributed by atoms with van der Waals surface area (Å²) in [5.74, 6) is 0.155. The molecule has 142 valence electrons. The summed E-state index contributed by atoms with van der Waals surface area (Å²) in [6, 6.07) is 5.90. The third-order valence-corrected chi connectivity index (χ3v) is 6.74. The minimum atomic E-state index is -0.0750. The number of thiophene rings is 1. The van der Waals surface area contributed by atoms with E-state index in [0.717, 1.165) is 32.1 Å². The summed E-state index contributed by atoms with van der Waals surface area (Å²) >= 11 is 2.82. The highest BCUT2D eigenvalue weighted by Gasteiger charge is 2.19. The number of nitrogens with zero attached hydrogens (tertiary/aromatic N) is 2. The molecule has 0 radical (unpaired) electrons. The summed E-state index contributed by atoms with van der Waals surface area (Å²) in [4.78, 5) is 32.0. The third-order valence-electron chi connectivity index (χ3n) is 4.70. The van der Waals surface area contributed by atoms with E-state index in [1.165, 1.54) is 23.1 Å². The van der Waals surface area contributed by atoms with Gasteiger partial charge in [0.15, 0.2) is 5.16 Å². The van der Waals surface area contributed by atoms with Crippen LogP contribution in [0.25, 0.3) is 15.9 Å². The molecular formula is C20H23N3O2S2. The van der Waals surface area contributed by atoms with Gasteiger partial charge in [0.1, 0.15) is 4.83 Å². The smallest absolute Gasteiger partial charge is 0.267 e. The van der Waals surface area contributed by atoms with Gasteiger partial charge in [-0.2, -0.15) is 0 Å². The minimum absolute atomic E-state index is 0.0668. The lowest BCUT2D eigenvalue weighted by Crippen LogP contribution is -2.26. The number of amides is 1. The molecule has 0 spiro atoms. The monoisotopic (exact) mass is 401 g/mol. The Hall–Kier alpha value is -2.12. The van der Waals surface area contributed by atoms with Crippen LogP contribution in [-0.4, -0.2) is 27.8 Å². The molecule has 1 N–H and O–H groups in total. The van der Waals surface area contributed by atoms with E-state index in [0.29, 0.717) is 17.1 Å². The Morgan fingerprint density at radius 1 is 1.22 bits per heavy atom. The molecule has 3 aromatic rings. The molecule has 0 fully saturated rings. The predicted molar refractivity (Wildman–Crippen MR) is 114 cm³/mol. The van der Waals surface area contributed by atoms with Crippen molar-refractivity contribution in [1.29, 1.82) is 0 Å². The van der Waals surface area contributed by atoms with Crippen molar-refractivity contribution in [3.05, 3.63) is 50.1 Å². The first kappa shape index (κ1) is 19.6. The molecule has 2 aromatic heterocycles. The van der Waals surface area contributed by atoms with Gasteiger partial charge >= 0.3 is 0 Å². The van der Waals surface area contributed by atoms with E-state index in [1.54, 1.807) is 4.57 Å². The summed E-state index contributed by atoms with van der Waals surface area (Å²) in [6.45, 7) is 10.5. The number of carbonyl (C=O) groups is 1. The van der Waals surface area contributed by atoms with Crippen molar-refractivity contribution in [3.63, 3.8) is 0 Å². The van der Waals surface area contributed by atoms with Gasteiger partial charge in [0.05, 0.1) is 16.8 Å². The molecule has 0 aliphatic carbocycles. The van der Waals surface area contributed by atoms with Crippen LogP contribution in [0.5, 0.6) is 0 Å². The number of fused-ring (bicyclic) bond motifs is 1. The van der Waals surface area contributed by atoms with Gasteiger partial charge in [-0.15, -0.1) is 11.3 Å². The van der Waals surface area contributed by atoms with Gasteiger partial charge in [0.25, 0.3) is 5.56 Å². The average molecular weight is 402 g/mol. The second-order valence-corrected chi connectivity index (χ2v) is 8.61. The lowest BCUT2D eigenvalue weighted by Gasteiger charge is -2.15. The van der Waals surface area contributed by atoms with E-state index in [4.69, 9.17) is 4.98 Å². The molecule has 0 saturated carbocycles. The van der Waals surface area contributed by atoms with E-state index < -0.39 is 0 Å². The van der Waals surface area contributed by atoms with Crippen LogP contribution in [0, 0.1) is 27.7 Å². The Labute approximate surface area is 166 Å². The number of aryl methyl sites for hydroxylation is 3. The molecule has 0 bridgehead atoms. The van der Waals surface area contributed by atoms with E-state index in [9.17, 15) is 9.59 Å². The molecule has 1 amide bonds. The topological polar surface area (TPSA) is 64.0 Å². The standard InChI is InChI=1S/C20H23N3O2S2/c1-6-21-16(24)10-26-20-22-18-17(13(4)14(5)27-18)19(25)23(20)15-9-7-8-11(2)12(15)3/h7-9H,6,10H2,1-5H3,(H,21,24). The summed E-state index contributed by atoms with van der Waals surface area (Å²) < 4.78 is 1.66. The third kappa shape index (κ3) is 3.66. The molecule has 1 aromatic carbocycles. The zero-order valence-corrected chi connectivity index (χ0v) is 17.8. The van der Waals surface area contributed by atoms with Crippen molar-refractivity contribution >= 4 is 39.2 Å². The Kier molecular flexibility index (Phi) is 5.72. The predicted octanol–water partition coefficient (Wildman–Crippen LogP) is 3.91. The molecule has 27 heavy (non-hydrogen) atoms. The Morgan fingerprint density at radius 2 is 1.96 bits per heavy atom. The van der Waals surface area contributed by atoms with Crippen molar-refractivity contribution < 1.29 is 4.79 Å². The van der Waals surface area contributed by atoms with E-state index in [2.05, 4.69) is 5.32 Å². The van der Waals surface area contributed by atoms with Gasteiger partial charge in [0.2, 0.25) is 5.91 Å². The maximum atomic E-state index is 13.4. The van der Waals surface area contributed by atoms with Crippen molar-refractivity contribution in [2.75, 3.05) is 12.3 Å². The number of nitrogens with one attached hydrogen (secondary N) is 1. The Balaban J connectivity index is 2.24. The van der Waals surface area contributed by atoms with Crippen LogP contribution in [-0.2, 0) is 4.79 Å². The van der Waals surface area contributed by atoms with Crippen molar-refractivity contribution in [3.8, 4) is 5.69 Å². The second-order valence-electron chi connectivity index (χ2n) is 6.46. The zero-order valence-electron chi connectivity index (χ0n) is 16.2. The van der Waals surface area contributed by atoms with Crippen molar-refractivity contribution in [2.45, 2.75) is 39.8 Å². The quantitative estimate of drug-likeness (QED) is 0.520. The summed E-state index contributed by atoms with van der Waals surface area (Å²) in [6.07, 6.45) is 0. The molecule has 2 heterocycles. The average Bonchev–Trinajstić information content (AvgIpc) is 2.91. The highest BCUT2D eigenvalue weighted by Crippen LogP contribution is 2.30. The highest BCUT2D eigenvalue weighted by atomic mass is 32.2. The SMILES string of the molecule is CCNC(=O)CSc1nc2sc(C)c(C)c2c(=O)n1-c1cccc(C)c1C. The second kappa shape index (κ2) is 7.86. The van der Waals surface area contributed by atoms with Crippen LogP contribution >= 0.6 is 23.1 Å². The highest BCUT2D eigenvalue weighted by molar-refractivity contribution is 7.99. The van der Waals surface area contributed by atoms with Crippen molar-refractivity contribution in [1.82, 2.24) is 14.9 Å². The number of thioether (sulfide) groups is 1. The number of carbonyl (C=O) groups excluding carboxylic acids is 1. The molecule has 5 nitrogen and oxygen atoms in total. The molecule has 0 saturated heterocycles. The molecule has 0 aliphatic rings. The Morgan fingerprint density at radius 3 is 2.67 bits per heavy atom. The largest absolute Gasteiger partial charge is 0.356 e. The fourth-order valence-corrected chi connectivity index (χ4v) is 4.85. The van der Waals surface area contributed by atoms with Gasteiger partial charge in [-0.3, -0.25) is 14.2 Å². The number of hydrogen-bond donors (Lipinski definition) is 1. The van der Waals surface area contributed by atoms with Gasteiger partial charge in [-0.05, 0) is 57.4 Å². The molecule has 0 unspecified atom stereocenters. The minimum Gasteiger partial charge on any atom is -0.356 e. The van der Waals surface area contributed by atoms with Gasteiger partial charge in [-0.1, -0.05) is 23.9 Å². The maximum Gasteiger partial charge on any atom is 0.267 e. The molecule has 0 atom stereocenters. The van der Waals surface area contributed by atoms with Crippen LogP contribution in [0.1, 0.15) is 28.5 Å². The number of rotatable bonds is 5. The van der Waals surface area contributed by atoms with Gasteiger partial charge in [0, 0.05) is 11.4 Å². The van der Waals surface area contributed by atoms with Crippen LogP contribution in [0.3, 0.4) is 0 Å². The van der Waals surface area contributed by atoms with Gasteiger partial charge < -0.3 is 5.32 Å². The summed E-state index contributed by atoms with van der Waals surface area (Å²) in [7, 11) is 0. The van der Waals surface area contributed by atoms with Crippen LogP contribution in [0.4, 0.5) is 0 Å². The molecule has 3 rings (SSSR count). The number of hydrogen-bond acceptors (Lipinski definition) is 5. The molecule has 7 heteroatoms. The Bertz CT molecular complexity index is 1080. The van der Waals surface area contributed by atoms with Crippen LogP contribution in [0.15, 0.2) is 28.2 Å². The van der Waals surface area contributed by atoms with Crippen molar-refractivity contribution in [2.24, 2.45) is 0 Å². The molecular weight excluding hydrogens is 378 g/mol. The normalized spacial score (nSPS) is 11.1. The fourth-order valence-electron chi connectivity index (χ4n) is 2.94. The van der Waals surface area contributed by atoms with E-state index in [-0.39, 0.29) is 17.2 Å². The maximum absolute atomic E-state index is 13.4. The lowest BCUT2D eigenvalue weighted by atomic mass is 10.1. The first-order valence-electron chi connectivity index (χ1n) is 8.84.